The van der Waals surface area contributed by atoms with Gasteiger partial charge in [-0.05, 0) is 33.4 Å². The van der Waals surface area contributed by atoms with Crippen molar-refractivity contribution in [2.24, 2.45) is 0 Å². The minimum Gasteiger partial charge on any atom is -0.480 e. The Morgan fingerprint density at radius 2 is 2.20 bits per heavy atom. The Morgan fingerprint density at radius 3 is 2.75 bits per heavy atom. The van der Waals surface area contributed by atoms with E-state index in [0.29, 0.717) is 9.35 Å². The van der Waals surface area contributed by atoms with Gasteiger partial charge in [-0.25, -0.2) is 8.42 Å². The molecule has 2 rings (SSSR count). The van der Waals surface area contributed by atoms with Gasteiger partial charge in [-0.1, -0.05) is 6.07 Å². The standard InChI is InChI=1S/C11H9BrN2O4S2/c12-7-4-8(6-13-5-7)20(17,18)14-10(11(15)16)9-2-1-3-19-9/h1-6,10,14H,(H,15,16). The van der Waals surface area contributed by atoms with Crippen LogP contribution in [0.2, 0.25) is 0 Å². The number of hydrogen-bond donors (Lipinski definition) is 2. The van der Waals surface area contributed by atoms with Gasteiger partial charge < -0.3 is 5.11 Å². The molecule has 0 aliphatic rings. The molecular formula is C11H9BrN2O4S2. The quantitative estimate of drug-likeness (QED) is 0.831. The summed E-state index contributed by atoms with van der Waals surface area (Å²) in [4.78, 5) is 15.3. The van der Waals surface area contributed by atoms with Crippen LogP contribution in [0.4, 0.5) is 0 Å². The van der Waals surface area contributed by atoms with Crippen molar-refractivity contribution in [2.45, 2.75) is 10.9 Å². The molecule has 9 heteroatoms. The Hall–Kier alpha value is -1.29. The van der Waals surface area contributed by atoms with Crippen LogP contribution in [0.5, 0.6) is 0 Å². The minimum atomic E-state index is -3.97. The Bertz CT molecular complexity index is 716. The fraction of sp³-hybridized carbons (Fsp3) is 0.0909. The van der Waals surface area contributed by atoms with Crippen molar-refractivity contribution in [1.82, 2.24) is 9.71 Å². The first-order valence-corrected chi connectivity index (χ1v) is 8.45. The number of carbonyl (C=O) groups is 1. The number of aliphatic carboxylic acids is 1. The van der Waals surface area contributed by atoms with Crippen LogP contribution in [0, 0.1) is 0 Å². The summed E-state index contributed by atoms with van der Waals surface area (Å²) in [6.45, 7) is 0. The lowest BCUT2D eigenvalue weighted by Gasteiger charge is -2.13. The molecule has 20 heavy (non-hydrogen) atoms. The van der Waals surface area contributed by atoms with Gasteiger partial charge in [-0.2, -0.15) is 4.72 Å². The summed E-state index contributed by atoms with van der Waals surface area (Å²) in [6.07, 6.45) is 2.59. The first kappa shape index (κ1) is 15.1. The molecule has 0 bridgehead atoms. The molecule has 0 fully saturated rings. The summed E-state index contributed by atoms with van der Waals surface area (Å²) in [5, 5.41) is 10.8. The van der Waals surface area contributed by atoms with Gasteiger partial charge >= 0.3 is 5.97 Å². The molecule has 2 heterocycles. The number of nitrogens with zero attached hydrogens (tertiary/aromatic N) is 1. The summed E-state index contributed by atoms with van der Waals surface area (Å²) >= 11 is 4.29. The van der Waals surface area contributed by atoms with E-state index in [0.717, 1.165) is 6.20 Å². The molecule has 0 saturated heterocycles. The van der Waals surface area contributed by atoms with Gasteiger partial charge in [0.25, 0.3) is 0 Å². The number of sulfonamides is 1. The smallest absolute Gasteiger partial charge is 0.327 e. The van der Waals surface area contributed by atoms with Crippen LogP contribution >= 0.6 is 27.3 Å². The monoisotopic (exact) mass is 376 g/mol. The van der Waals surface area contributed by atoms with E-state index in [1.807, 2.05) is 0 Å². The van der Waals surface area contributed by atoms with Crippen LogP contribution in [-0.4, -0.2) is 24.5 Å². The van der Waals surface area contributed by atoms with Crippen molar-refractivity contribution in [3.63, 3.8) is 0 Å². The number of carboxylic acid groups (broad SMARTS) is 1. The SMILES string of the molecule is O=C(O)C(NS(=O)(=O)c1cncc(Br)c1)c1cccs1. The van der Waals surface area contributed by atoms with E-state index in [-0.39, 0.29) is 4.90 Å². The molecular weight excluding hydrogens is 368 g/mol. The molecule has 0 radical (unpaired) electrons. The molecule has 2 aromatic heterocycles. The summed E-state index contributed by atoms with van der Waals surface area (Å²) < 4.78 is 27.0. The molecule has 1 atom stereocenters. The maximum Gasteiger partial charge on any atom is 0.327 e. The number of halogens is 1. The Balaban J connectivity index is 2.33. The van der Waals surface area contributed by atoms with E-state index in [2.05, 4.69) is 25.6 Å². The van der Waals surface area contributed by atoms with E-state index >= 15 is 0 Å². The molecule has 106 valence electrons. The number of nitrogens with one attached hydrogen (secondary N) is 1. The highest BCUT2D eigenvalue weighted by Crippen LogP contribution is 2.22. The van der Waals surface area contributed by atoms with Crippen LogP contribution in [0.15, 0.2) is 45.3 Å². The van der Waals surface area contributed by atoms with Gasteiger partial charge in [0.15, 0.2) is 6.04 Å². The van der Waals surface area contributed by atoms with Crippen molar-refractivity contribution >= 4 is 43.3 Å². The van der Waals surface area contributed by atoms with Crippen LogP contribution in [0.3, 0.4) is 0 Å². The summed E-state index contributed by atoms with van der Waals surface area (Å²) in [5.74, 6) is -1.26. The number of aromatic nitrogens is 1. The lowest BCUT2D eigenvalue weighted by Crippen LogP contribution is -2.33. The third-order valence-corrected chi connectivity index (χ3v) is 5.10. The molecule has 0 saturated carbocycles. The summed E-state index contributed by atoms with van der Waals surface area (Å²) in [7, 11) is -3.97. The molecule has 0 spiro atoms. The number of pyridine rings is 1. The van der Waals surface area contributed by atoms with Crippen molar-refractivity contribution in [3.8, 4) is 0 Å². The second kappa shape index (κ2) is 6.00. The molecule has 0 aliphatic carbocycles. The molecule has 2 N–H and O–H groups in total. The van der Waals surface area contributed by atoms with Gasteiger partial charge in [-0.15, -0.1) is 11.3 Å². The first-order chi connectivity index (χ1) is 9.40. The topological polar surface area (TPSA) is 96.4 Å². The second-order valence-corrected chi connectivity index (χ2v) is 7.36. The molecule has 0 aromatic carbocycles. The van der Waals surface area contributed by atoms with Gasteiger partial charge in [-0.3, -0.25) is 9.78 Å². The van der Waals surface area contributed by atoms with Crippen molar-refractivity contribution in [1.29, 1.82) is 0 Å². The number of rotatable bonds is 5. The number of thiophene rings is 1. The fourth-order valence-electron chi connectivity index (χ4n) is 1.45. The minimum absolute atomic E-state index is 0.102. The zero-order chi connectivity index (χ0) is 14.8. The zero-order valence-corrected chi connectivity index (χ0v) is 13.1. The Kier molecular flexibility index (Phi) is 4.53. The van der Waals surface area contributed by atoms with Crippen molar-refractivity contribution in [3.05, 3.63) is 45.3 Å². The predicted molar refractivity (Wildman–Crippen MR) is 77.0 cm³/mol. The highest BCUT2D eigenvalue weighted by atomic mass is 79.9. The van der Waals surface area contributed by atoms with Crippen LogP contribution in [-0.2, 0) is 14.8 Å². The van der Waals surface area contributed by atoms with E-state index in [9.17, 15) is 13.2 Å². The summed E-state index contributed by atoms with van der Waals surface area (Å²) in [5.41, 5.74) is 0. The lowest BCUT2D eigenvalue weighted by atomic mass is 10.3. The molecule has 2 aromatic rings. The van der Waals surface area contributed by atoms with Gasteiger partial charge in [0, 0.05) is 21.7 Å². The predicted octanol–water partition coefficient (Wildman–Crippen LogP) is 2.01. The molecule has 6 nitrogen and oxygen atoms in total. The maximum absolute atomic E-state index is 12.2. The average Bonchev–Trinajstić information content (AvgIpc) is 2.89. The Labute approximate surface area is 127 Å². The van der Waals surface area contributed by atoms with Gasteiger partial charge in [0.05, 0.1) is 0 Å². The average molecular weight is 377 g/mol. The molecule has 1 unspecified atom stereocenters. The largest absolute Gasteiger partial charge is 0.480 e. The third-order valence-electron chi connectivity index (χ3n) is 2.34. The lowest BCUT2D eigenvalue weighted by molar-refractivity contribution is -0.139. The van der Waals surface area contributed by atoms with Crippen LogP contribution < -0.4 is 4.72 Å². The summed E-state index contributed by atoms with van der Waals surface area (Å²) in [6, 6.07) is 3.25. The van der Waals surface area contributed by atoms with Gasteiger partial charge in [0.1, 0.15) is 4.90 Å². The third kappa shape index (κ3) is 3.42. The van der Waals surface area contributed by atoms with E-state index in [1.54, 1.807) is 17.5 Å². The molecule has 0 amide bonds. The van der Waals surface area contributed by atoms with E-state index in [1.165, 1.54) is 23.6 Å². The highest BCUT2D eigenvalue weighted by Gasteiger charge is 2.27. The maximum atomic E-state index is 12.2. The van der Waals surface area contributed by atoms with Crippen molar-refractivity contribution < 1.29 is 18.3 Å². The first-order valence-electron chi connectivity index (χ1n) is 5.29. The Morgan fingerprint density at radius 1 is 1.45 bits per heavy atom. The molecule has 0 aliphatic heterocycles. The number of hydrogen-bond acceptors (Lipinski definition) is 5. The van der Waals surface area contributed by atoms with Crippen LogP contribution in [0.25, 0.3) is 0 Å². The highest BCUT2D eigenvalue weighted by molar-refractivity contribution is 9.10. The number of carboxylic acids is 1. The van der Waals surface area contributed by atoms with E-state index in [4.69, 9.17) is 5.11 Å². The second-order valence-electron chi connectivity index (χ2n) is 3.75. The van der Waals surface area contributed by atoms with Crippen molar-refractivity contribution in [2.75, 3.05) is 0 Å². The fourth-order valence-corrected chi connectivity index (χ4v) is 3.96. The zero-order valence-electron chi connectivity index (χ0n) is 9.86. The normalized spacial score (nSPS) is 13.1. The van der Waals surface area contributed by atoms with Gasteiger partial charge in [0.2, 0.25) is 10.0 Å². The van der Waals surface area contributed by atoms with E-state index < -0.39 is 22.0 Å². The van der Waals surface area contributed by atoms with Crippen LogP contribution in [0.1, 0.15) is 10.9 Å².